The minimum absolute atomic E-state index is 0.201. The summed E-state index contributed by atoms with van der Waals surface area (Å²) < 4.78 is 24.6. The van der Waals surface area contributed by atoms with Gasteiger partial charge in [-0.3, -0.25) is 0 Å². The number of aromatic nitrogens is 1. The number of nitrogens with zero attached hydrogens (tertiary/aromatic N) is 1. The lowest BCUT2D eigenvalue weighted by atomic mass is 10.1. The van der Waals surface area contributed by atoms with Gasteiger partial charge in [0.1, 0.15) is 18.5 Å². The standard InChI is InChI=1S/C17H19FN2O2/c18-14-4-1-3-13(11-14)12-21-16-5-2-6-17(20-16)22-15-7-9-19-10-8-15/h1-6,11,15,19H,7-10,12H2. The quantitative estimate of drug-likeness (QED) is 0.922. The van der Waals surface area contributed by atoms with Crippen LogP contribution in [-0.2, 0) is 6.61 Å². The van der Waals surface area contributed by atoms with Gasteiger partial charge in [-0.1, -0.05) is 18.2 Å². The molecule has 0 aliphatic carbocycles. The fraction of sp³-hybridized carbons (Fsp3) is 0.353. The van der Waals surface area contributed by atoms with Crippen LogP contribution >= 0.6 is 0 Å². The van der Waals surface area contributed by atoms with Crippen molar-refractivity contribution >= 4 is 0 Å². The van der Waals surface area contributed by atoms with E-state index < -0.39 is 0 Å². The lowest BCUT2D eigenvalue weighted by Gasteiger charge is -2.23. The summed E-state index contributed by atoms with van der Waals surface area (Å²) >= 11 is 0. The van der Waals surface area contributed by atoms with Crippen LogP contribution < -0.4 is 14.8 Å². The van der Waals surface area contributed by atoms with Crippen LogP contribution in [0.15, 0.2) is 42.5 Å². The molecule has 0 amide bonds. The summed E-state index contributed by atoms with van der Waals surface area (Å²) in [5.41, 5.74) is 0.770. The molecule has 0 saturated carbocycles. The number of rotatable bonds is 5. The maximum absolute atomic E-state index is 13.1. The van der Waals surface area contributed by atoms with Crippen molar-refractivity contribution in [1.82, 2.24) is 10.3 Å². The Kier molecular flexibility index (Phi) is 4.85. The van der Waals surface area contributed by atoms with Crippen molar-refractivity contribution < 1.29 is 13.9 Å². The number of benzene rings is 1. The van der Waals surface area contributed by atoms with Gasteiger partial charge in [0.15, 0.2) is 0 Å². The van der Waals surface area contributed by atoms with Gasteiger partial charge >= 0.3 is 0 Å². The van der Waals surface area contributed by atoms with Gasteiger partial charge in [0.05, 0.1) is 0 Å². The van der Waals surface area contributed by atoms with Gasteiger partial charge in [0.25, 0.3) is 0 Å². The summed E-state index contributed by atoms with van der Waals surface area (Å²) in [5.74, 6) is 0.788. The van der Waals surface area contributed by atoms with Crippen molar-refractivity contribution in [3.05, 3.63) is 53.8 Å². The Balaban J connectivity index is 1.58. The number of pyridine rings is 1. The average Bonchev–Trinajstić information content (AvgIpc) is 2.54. The molecule has 1 saturated heterocycles. The Labute approximate surface area is 129 Å². The minimum Gasteiger partial charge on any atom is -0.474 e. The normalized spacial score (nSPS) is 15.5. The summed E-state index contributed by atoms with van der Waals surface area (Å²) in [5, 5.41) is 3.30. The van der Waals surface area contributed by atoms with Crippen molar-refractivity contribution in [3.8, 4) is 11.8 Å². The average molecular weight is 302 g/mol. The van der Waals surface area contributed by atoms with E-state index in [9.17, 15) is 4.39 Å². The first-order chi connectivity index (χ1) is 10.8. The second-order valence-electron chi connectivity index (χ2n) is 5.30. The maximum atomic E-state index is 13.1. The molecule has 0 bridgehead atoms. The molecule has 1 aliphatic heterocycles. The van der Waals surface area contributed by atoms with Gasteiger partial charge in [-0.15, -0.1) is 0 Å². The van der Waals surface area contributed by atoms with Crippen LogP contribution in [0.4, 0.5) is 4.39 Å². The molecule has 0 unspecified atom stereocenters. The van der Waals surface area contributed by atoms with E-state index >= 15 is 0 Å². The van der Waals surface area contributed by atoms with Crippen LogP contribution in [0, 0.1) is 5.82 Å². The minimum atomic E-state index is -0.267. The second-order valence-corrected chi connectivity index (χ2v) is 5.30. The molecule has 1 aromatic carbocycles. The fourth-order valence-electron chi connectivity index (χ4n) is 2.41. The van der Waals surface area contributed by atoms with Crippen LogP contribution in [0.25, 0.3) is 0 Å². The van der Waals surface area contributed by atoms with Crippen molar-refractivity contribution in [1.29, 1.82) is 0 Å². The molecular formula is C17H19FN2O2. The molecule has 0 radical (unpaired) electrons. The van der Waals surface area contributed by atoms with Crippen LogP contribution in [0.3, 0.4) is 0 Å². The molecule has 1 aliphatic rings. The third kappa shape index (κ3) is 4.18. The third-order valence-electron chi connectivity index (χ3n) is 3.55. The molecular weight excluding hydrogens is 283 g/mol. The maximum Gasteiger partial charge on any atom is 0.216 e. The van der Waals surface area contributed by atoms with Crippen LogP contribution in [0.2, 0.25) is 0 Å². The van der Waals surface area contributed by atoms with E-state index in [-0.39, 0.29) is 18.5 Å². The highest BCUT2D eigenvalue weighted by atomic mass is 19.1. The molecule has 22 heavy (non-hydrogen) atoms. The molecule has 5 heteroatoms. The monoisotopic (exact) mass is 302 g/mol. The van der Waals surface area contributed by atoms with Gasteiger partial charge in [-0.2, -0.15) is 4.98 Å². The molecule has 116 valence electrons. The Hall–Kier alpha value is -2.14. The lowest BCUT2D eigenvalue weighted by molar-refractivity contribution is 0.153. The zero-order chi connectivity index (χ0) is 15.2. The van der Waals surface area contributed by atoms with Gasteiger partial charge in [0, 0.05) is 12.1 Å². The highest BCUT2D eigenvalue weighted by molar-refractivity contribution is 5.21. The molecule has 1 aromatic heterocycles. The highest BCUT2D eigenvalue weighted by Gasteiger charge is 2.15. The van der Waals surface area contributed by atoms with E-state index in [0.717, 1.165) is 31.5 Å². The molecule has 4 nitrogen and oxygen atoms in total. The van der Waals surface area contributed by atoms with E-state index in [2.05, 4.69) is 10.3 Å². The third-order valence-corrected chi connectivity index (χ3v) is 3.55. The zero-order valence-electron chi connectivity index (χ0n) is 12.3. The van der Waals surface area contributed by atoms with Crippen LogP contribution in [0.1, 0.15) is 18.4 Å². The number of nitrogens with one attached hydrogen (secondary N) is 1. The predicted octanol–water partition coefficient (Wildman–Crippen LogP) is 2.93. The summed E-state index contributed by atoms with van der Waals surface area (Å²) in [6.07, 6.45) is 2.17. The molecule has 0 spiro atoms. The first-order valence-electron chi connectivity index (χ1n) is 7.51. The smallest absolute Gasteiger partial charge is 0.216 e. The van der Waals surface area contributed by atoms with Gasteiger partial charge in [0.2, 0.25) is 11.8 Å². The molecule has 3 rings (SSSR count). The number of hydrogen-bond acceptors (Lipinski definition) is 4. The Morgan fingerprint density at radius 2 is 1.86 bits per heavy atom. The van der Waals surface area contributed by atoms with E-state index in [4.69, 9.17) is 9.47 Å². The van der Waals surface area contributed by atoms with Crippen molar-refractivity contribution in [2.45, 2.75) is 25.6 Å². The lowest BCUT2D eigenvalue weighted by Crippen LogP contribution is -2.34. The van der Waals surface area contributed by atoms with E-state index in [1.165, 1.54) is 12.1 Å². The predicted molar refractivity (Wildman–Crippen MR) is 81.5 cm³/mol. The number of halogens is 1. The highest BCUT2D eigenvalue weighted by Crippen LogP contribution is 2.18. The van der Waals surface area contributed by atoms with Crippen molar-refractivity contribution in [2.24, 2.45) is 0 Å². The van der Waals surface area contributed by atoms with E-state index in [1.807, 2.05) is 18.2 Å². The summed E-state index contributed by atoms with van der Waals surface area (Å²) in [6.45, 7) is 2.22. The Bertz CT molecular complexity index is 615. The number of ether oxygens (including phenoxy) is 2. The Morgan fingerprint density at radius 3 is 2.68 bits per heavy atom. The van der Waals surface area contributed by atoms with E-state index in [1.54, 1.807) is 12.1 Å². The first-order valence-corrected chi connectivity index (χ1v) is 7.51. The topological polar surface area (TPSA) is 43.4 Å². The SMILES string of the molecule is Fc1cccc(COc2cccc(OC3CCNCC3)n2)c1. The van der Waals surface area contributed by atoms with Crippen molar-refractivity contribution in [2.75, 3.05) is 13.1 Å². The largest absolute Gasteiger partial charge is 0.474 e. The summed E-state index contributed by atoms with van der Waals surface area (Å²) in [7, 11) is 0. The molecule has 1 N–H and O–H groups in total. The summed E-state index contributed by atoms with van der Waals surface area (Å²) in [4.78, 5) is 4.35. The van der Waals surface area contributed by atoms with Crippen LogP contribution in [-0.4, -0.2) is 24.2 Å². The van der Waals surface area contributed by atoms with Gasteiger partial charge in [-0.05, 0) is 43.6 Å². The van der Waals surface area contributed by atoms with Gasteiger partial charge < -0.3 is 14.8 Å². The van der Waals surface area contributed by atoms with Crippen LogP contribution in [0.5, 0.6) is 11.8 Å². The molecule has 1 fully saturated rings. The first kappa shape index (κ1) is 14.8. The molecule has 0 atom stereocenters. The van der Waals surface area contributed by atoms with Gasteiger partial charge in [-0.25, -0.2) is 4.39 Å². The summed E-state index contributed by atoms with van der Waals surface area (Å²) in [6, 6.07) is 11.8. The Morgan fingerprint density at radius 1 is 1.09 bits per heavy atom. The zero-order valence-corrected chi connectivity index (χ0v) is 12.3. The number of hydrogen-bond donors (Lipinski definition) is 1. The van der Waals surface area contributed by atoms with Crippen molar-refractivity contribution in [3.63, 3.8) is 0 Å². The second kappa shape index (κ2) is 7.22. The fourth-order valence-corrected chi connectivity index (χ4v) is 2.41. The molecule has 2 heterocycles. The van der Waals surface area contributed by atoms with E-state index in [0.29, 0.717) is 11.8 Å². The molecule has 2 aromatic rings. The number of piperidine rings is 1.